The molecule has 0 spiro atoms. The normalized spacial score (nSPS) is 9.42. The summed E-state index contributed by atoms with van der Waals surface area (Å²) in [7, 11) is 1.52. The zero-order chi connectivity index (χ0) is 9.14. The number of hydrogen-bond donors (Lipinski definition) is 0. The van der Waals surface area contributed by atoms with E-state index in [9.17, 15) is 14.4 Å². The van der Waals surface area contributed by atoms with Gasteiger partial charge in [0.2, 0.25) is 11.3 Å². The van der Waals surface area contributed by atoms with Crippen molar-refractivity contribution >= 4 is 12.1 Å². The van der Waals surface area contributed by atoms with Crippen molar-refractivity contribution in [3.05, 3.63) is 34.2 Å². The van der Waals surface area contributed by atoms with Crippen molar-refractivity contribution in [3.63, 3.8) is 0 Å². The van der Waals surface area contributed by atoms with Gasteiger partial charge >= 0.3 is 0 Å². The van der Waals surface area contributed by atoms with Crippen LogP contribution < -0.4 is 5.56 Å². The Balaban J connectivity index is 3.21. The van der Waals surface area contributed by atoms with Crippen molar-refractivity contribution in [3.8, 4) is 0 Å². The van der Waals surface area contributed by atoms with Crippen molar-refractivity contribution in [2.24, 2.45) is 7.05 Å². The average molecular weight is 165 g/mol. The maximum Gasteiger partial charge on any atom is 0.250 e. The molecule has 0 N–H and O–H groups in total. The van der Waals surface area contributed by atoms with Crippen molar-refractivity contribution in [2.45, 2.75) is 0 Å². The van der Waals surface area contributed by atoms with Gasteiger partial charge in [0.15, 0.2) is 6.29 Å². The molecule has 4 heteroatoms. The SMILES string of the molecule is Cn1cc(C(=O)C=O)ccc1=O. The molecule has 62 valence electrons. The molecule has 0 aliphatic rings. The lowest BCUT2D eigenvalue weighted by Crippen LogP contribution is -2.16. The van der Waals surface area contributed by atoms with Gasteiger partial charge in [-0.2, -0.15) is 0 Å². The molecule has 0 saturated carbocycles. The van der Waals surface area contributed by atoms with Crippen LogP contribution in [-0.2, 0) is 11.8 Å². The monoisotopic (exact) mass is 165 g/mol. The average Bonchev–Trinajstić information content (AvgIpc) is 2.08. The summed E-state index contributed by atoms with van der Waals surface area (Å²) in [5.74, 6) is -0.620. The Bertz CT molecular complexity index is 378. The van der Waals surface area contributed by atoms with E-state index in [4.69, 9.17) is 0 Å². The lowest BCUT2D eigenvalue weighted by molar-refractivity contribution is -0.104. The van der Waals surface area contributed by atoms with Crippen molar-refractivity contribution in [1.82, 2.24) is 4.57 Å². The van der Waals surface area contributed by atoms with Gasteiger partial charge in [0.1, 0.15) is 0 Å². The second-order valence-electron chi connectivity index (χ2n) is 2.35. The smallest absolute Gasteiger partial charge is 0.250 e. The minimum Gasteiger partial charge on any atom is -0.318 e. The lowest BCUT2D eigenvalue weighted by atomic mass is 10.2. The summed E-state index contributed by atoms with van der Waals surface area (Å²) in [6, 6.07) is 2.58. The Hall–Kier alpha value is -1.71. The maximum atomic E-state index is 10.8. The number of aryl methyl sites for hydroxylation is 1. The predicted octanol–water partition coefficient (Wildman–Crippen LogP) is -0.233. The zero-order valence-electron chi connectivity index (χ0n) is 6.48. The first-order valence-electron chi connectivity index (χ1n) is 3.31. The molecule has 0 aromatic carbocycles. The van der Waals surface area contributed by atoms with Gasteiger partial charge in [0, 0.05) is 24.9 Å². The van der Waals surface area contributed by atoms with Crippen molar-refractivity contribution < 1.29 is 9.59 Å². The molecule has 1 rings (SSSR count). The molecule has 1 aromatic rings. The van der Waals surface area contributed by atoms with Crippen LogP contribution in [0.15, 0.2) is 23.1 Å². The highest BCUT2D eigenvalue weighted by molar-refractivity contribution is 6.33. The van der Waals surface area contributed by atoms with Crippen LogP contribution in [0.4, 0.5) is 0 Å². The molecule has 0 aliphatic carbocycles. The number of nitrogens with zero attached hydrogens (tertiary/aromatic N) is 1. The Morgan fingerprint density at radius 1 is 1.50 bits per heavy atom. The van der Waals surface area contributed by atoms with Crippen LogP contribution in [-0.4, -0.2) is 16.6 Å². The van der Waals surface area contributed by atoms with Gasteiger partial charge in [0.25, 0.3) is 0 Å². The number of hydrogen-bond acceptors (Lipinski definition) is 3. The fourth-order valence-corrected chi connectivity index (χ4v) is 0.808. The number of ketones is 1. The summed E-state index contributed by atoms with van der Waals surface area (Å²) in [4.78, 5) is 31.7. The van der Waals surface area contributed by atoms with Crippen molar-refractivity contribution in [2.75, 3.05) is 0 Å². The third kappa shape index (κ3) is 1.47. The molecule has 4 nitrogen and oxygen atoms in total. The standard InChI is InChI=1S/C8H7NO3/c1-9-4-6(7(11)5-10)2-3-8(9)12/h2-5H,1H3. The summed E-state index contributed by atoms with van der Waals surface area (Å²) in [5, 5.41) is 0. The van der Waals surface area contributed by atoms with E-state index in [0.717, 1.165) is 0 Å². The molecule has 0 amide bonds. The minimum atomic E-state index is -0.620. The van der Waals surface area contributed by atoms with Gasteiger partial charge in [-0.05, 0) is 6.07 Å². The summed E-state index contributed by atoms with van der Waals surface area (Å²) < 4.78 is 1.25. The molecule has 0 bridgehead atoms. The van der Waals surface area contributed by atoms with Crippen LogP contribution in [0.1, 0.15) is 10.4 Å². The topological polar surface area (TPSA) is 56.1 Å². The molecule has 0 unspecified atom stereocenters. The Labute approximate surface area is 68.4 Å². The number of Topliss-reactive ketones (excluding diaryl/α,β-unsaturated/α-hetero) is 1. The highest BCUT2D eigenvalue weighted by Gasteiger charge is 2.03. The zero-order valence-corrected chi connectivity index (χ0v) is 6.48. The fraction of sp³-hybridized carbons (Fsp3) is 0.125. The molecule has 0 saturated heterocycles. The predicted molar refractivity (Wildman–Crippen MR) is 42.1 cm³/mol. The van der Waals surface area contributed by atoms with E-state index < -0.39 is 5.78 Å². The molecule has 0 radical (unpaired) electrons. The fourth-order valence-electron chi connectivity index (χ4n) is 0.808. The second kappa shape index (κ2) is 3.13. The van der Waals surface area contributed by atoms with Gasteiger partial charge in [-0.25, -0.2) is 0 Å². The third-order valence-corrected chi connectivity index (χ3v) is 1.48. The summed E-state index contributed by atoms with van der Waals surface area (Å²) in [6.07, 6.45) is 1.55. The number of carbonyl (C=O) groups excluding carboxylic acids is 2. The van der Waals surface area contributed by atoms with Crippen LogP contribution >= 0.6 is 0 Å². The number of aldehydes is 1. The van der Waals surface area contributed by atoms with Crippen LogP contribution in [0.2, 0.25) is 0 Å². The van der Waals surface area contributed by atoms with E-state index in [1.807, 2.05) is 0 Å². The van der Waals surface area contributed by atoms with E-state index in [0.29, 0.717) is 0 Å². The van der Waals surface area contributed by atoms with E-state index >= 15 is 0 Å². The van der Waals surface area contributed by atoms with E-state index in [2.05, 4.69) is 0 Å². The highest BCUT2D eigenvalue weighted by atomic mass is 16.2. The maximum absolute atomic E-state index is 10.8. The Morgan fingerprint density at radius 3 is 2.67 bits per heavy atom. The van der Waals surface area contributed by atoms with E-state index in [1.165, 1.54) is 29.9 Å². The molecule has 1 heterocycles. The van der Waals surface area contributed by atoms with Crippen LogP contribution in [0.25, 0.3) is 0 Å². The first kappa shape index (κ1) is 8.39. The third-order valence-electron chi connectivity index (χ3n) is 1.48. The summed E-state index contributed by atoms with van der Waals surface area (Å²) >= 11 is 0. The number of pyridine rings is 1. The second-order valence-corrected chi connectivity index (χ2v) is 2.35. The lowest BCUT2D eigenvalue weighted by Gasteiger charge is -1.97. The highest BCUT2D eigenvalue weighted by Crippen LogP contribution is 1.93. The Kier molecular flexibility index (Phi) is 2.19. The minimum absolute atomic E-state index is 0.211. The van der Waals surface area contributed by atoms with Crippen molar-refractivity contribution in [1.29, 1.82) is 0 Å². The molecule has 0 atom stereocenters. The molecule has 0 fully saturated rings. The summed E-state index contributed by atoms with van der Waals surface area (Å²) in [5.41, 5.74) is 0.0181. The quantitative estimate of drug-likeness (QED) is 0.345. The van der Waals surface area contributed by atoms with E-state index in [-0.39, 0.29) is 17.4 Å². The Morgan fingerprint density at radius 2 is 2.17 bits per heavy atom. The van der Waals surface area contributed by atoms with Crippen LogP contribution in [0.3, 0.4) is 0 Å². The summed E-state index contributed by atoms with van der Waals surface area (Å²) in [6.45, 7) is 0. The van der Waals surface area contributed by atoms with Gasteiger partial charge in [0.05, 0.1) is 0 Å². The molecule has 0 aliphatic heterocycles. The molecule has 12 heavy (non-hydrogen) atoms. The molecular weight excluding hydrogens is 158 g/mol. The number of rotatable bonds is 2. The van der Waals surface area contributed by atoms with Gasteiger partial charge in [-0.15, -0.1) is 0 Å². The van der Waals surface area contributed by atoms with Gasteiger partial charge in [-0.3, -0.25) is 14.4 Å². The largest absolute Gasteiger partial charge is 0.318 e. The van der Waals surface area contributed by atoms with Gasteiger partial charge < -0.3 is 4.57 Å². The number of carbonyl (C=O) groups is 2. The number of aromatic nitrogens is 1. The molecular formula is C8H7NO3. The van der Waals surface area contributed by atoms with Crippen LogP contribution in [0.5, 0.6) is 0 Å². The first-order valence-corrected chi connectivity index (χ1v) is 3.31. The van der Waals surface area contributed by atoms with E-state index in [1.54, 1.807) is 0 Å². The first-order chi connectivity index (χ1) is 5.65. The van der Waals surface area contributed by atoms with Gasteiger partial charge in [-0.1, -0.05) is 0 Å². The molecule has 1 aromatic heterocycles. The van der Waals surface area contributed by atoms with Crippen LogP contribution in [0, 0.1) is 0 Å².